The zero-order valence-electron chi connectivity index (χ0n) is 15.5. The van der Waals surface area contributed by atoms with E-state index in [4.69, 9.17) is 4.42 Å². The summed E-state index contributed by atoms with van der Waals surface area (Å²) in [5.41, 5.74) is 5.63. The summed E-state index contributed by atoms with van der Waals surface area (Å²) < 4.78 is 5.81. The van der Waals surface area contributed by atoms with Crippen molar-refractivity contribution < 1.29 is 9.21 Å². The molecule has 0 unspecified atom stereocenters. The lowest BCUT2D eigenvalue weighted by Crippen LogP contribution is -2.12. The average Bonchev–Trinajstić information content (AvgIpc) is 3.01. The summed E-state index contributed by atoms with van der Waals surface area (Å²) >= 11 is 0. The number of furan rings is 1. The van der Waals surface area contributed by atoms with Gasteiger partial charge in [-0.2, -0.15) is 0 Å². The summed E-state index contributed by atoms with van der Waals surface area (Å²) in [6.07, 6.45) is 1.65. The second-order valence-electron chi connectivity index (χ2n) is 6.75. The summed E-state index contributed by atoms with van der Waals surface area (Å²) in [5, 5.41) is 3.76. The van der Waals surface area contributed by atoms with Crippen molar-refractivity contribution in [1.29, 1.82) is 0 Å². The molecule has 2 aromatic carbocycles. The number of hydrogen-bond acceptors (Lipinski definition) is 3. The molecule has 27 heavy (non-hydrogen) atoms. The predicted molar refractivity (Wildman–Crippen MR) is 108 cm³/mol. The van der Waals surface area contributed by atoms with Crippen LogP contribution >= 0.6 is 0 Å². The van der Waals surface area contributed by atoms with Crippen LogP contribution < -0.4 is 5.32 Å². The molecule has 0 radical (unpaired) electrons. The molecule has 4 rings (SSSR count). The molecule has 4 aromatic rings. The first-order valence-corrected chi connectivity index (χ1v) is 8.86. The van der Waals surface area contributed by atoms with Crippen LogP contribution in [0.15, 0.2) is 65.2 Å². The van der Waals surface area contributed by atoms with Gasteiger partial charge < -0.3 is 4.42 Å². The van der Waals surface area contributed by atoms with Crippen molar-refractivity contribution in [3.63, 3.8) is 0 Å². The Kier molecular flexibility index (Phi) is 4.24. The van der Waals surface area contributed by atoms with Gasteiger partial charge in [0.15, 0.2) is 0 Å². The molecular formula is C23H20N2O2. The van der Waals surface area contributed by atoms with E-state index < -0.39 is 0 Å². The van der Waals surface area contributed by atoms with Crippen LogP contribution in [-0.4, -0.2) is 10.9 Å². The Hall–Kier alpha value is -3.40. The maximum atomic E-state index is 13.0. The van der Waals surface area contributed by atoms with Crippen molar-refractivity contribution >= 4 is 22.7 Å². The molecule has 0 aliphatic heterocycles. The number of anilines is 1. The third kappa shape index (κ3) is 3.22. The van der Waals surface area contributed by atoms with Gasteiger partial charge in [0.25, 0.3) is 5.91 Å². The van der Waals surface area contributed by atoms with Gasteiger partial charge in [0.05, 0.1) is 11.1 Å². The van der Waals surface area contributed by atoms with Crippen LogP contribution in [0.3, 0.4) is 0 Å². The van der Waals surface area contributed by atoms with Gasteiger partial charge in [0, 0.05) is 17.1 Å². The standard InChI is InChI=1S/C23H20N2O2/c1-14-8-9-17(15(2)12-14)20-13-16(3)27-23(20)25-22(26)19-10-11-24-21-7-5-4-6-18(19)21/h4-13H,1-3H3,(H,25,26). The van der Waals surface area contributed by atoms with Crippen LogP contribution in [0.2, 0.25) is 0 Å². The number of amides is 1. The van der Waals surface area contributed by atoms with Crippen LogP contribution in [0.1, 0.15) is 27.2 Å². The fourth-order valence-electron chi connectivity index (χ4n) is 3.39. The fraction of sp³-hybridized carbons (Fsp3) is 0.130. The quantitative estimate of drug-likeness (QED) is 0.514. The second kappa shape index (κ2) is 6.72. The molecule has 0 atom stereocenters. The number of carbonyl (C=O) groups excluding carboxylic acids is 1. The van der Waals surface area contributed by atoms with Crippen molar-refractivity contribution in [2.75, 3.05) is 5.32 Å². The first kappa shape index (κ1) is 17.0. The monoisotopic (exact) mass is 356 g/mol. The zero-order chi connectivity index (χ0) is 19.0. The number of nitrogens with zero attached hydrogens (tertiary/aromatic N) is 1. The Morgan fingerprint density at radius 2 is 1.78 bits per heavy atom. The average molecular weight is 356 g/mol. The van der Waals surface area contributed by atoms with Crippen molar-refractivity contribution in [3.8, 4) is 11.1 Å². The Morgan fingerprint density at radius 3 is 2.59 bits per heavy atom. The largest absolute Gasteiger partial charge is 0.445 e. The maximum absolute atomic E-state index is 13.0. The molecule has 0 saturated heterocycles. The lowest BCUT2D eigenvalue weighted by molar-refractivity contribution is 0.102. The number of aromatic nitrogens is 1. The van der Waals surface area contributed by atoms with Crippen LogP contribution in [0.25, 0.3) is 22.0 Å². The lowest BCUT2D eigenvalue weighted by Gasteiger charge is -2.09. The van der Waals surface area contributed by atoms with Crippen LogP contribution in [0.4, 0.5) is 5.88 Å². The molecule has 2 aromatic heterocycles. The molecule has 1 amide bonds. The number of nitrogens with one attached hydrogen (secondary N) is 1. The van der Waals surface area contributed by atoms with Crippen molar-refractivity contribution in [1.82, 2.24) is 4.98 Å². The van der Waals surface area contributed by atoms with E-state index in [2.05, 4.69) is 42.3 Å². The van der Waals surface area contributed by atoms with E-state index in [0.717, 1.165) is 33.4 Å². The van der Waals surface area contributed by atoms with E-state index in [9.17, 15) is 4.79 Å². The Balaban J connectivity index is 1.74. The highest BCUT2D eigenvalue weighted by Gasteiger charge is 2.18. The Bertz CT molecular complexity index is 1150. The minimum atomic E-state index is -0.214. The van der Waals surface area contributed by atoms with Gasteiger partial charge in [0.1, 0.15) is 5.76 Å². The Morgan fingerprint density at radius 1 is 0.963 bits per heavy atom. The lowest BCUT2D eigenvalue weighted by atomic mass is 10.00. The fourth-order valence-corrected chi connectivity index (χ4v) is 3.39. The van der Waals surface area contributed by atoms with Crippen molar-refractivity contribution in [2.45, 2.75) is 20.8 Å². The molecule has 134 valence electrons. The van der Waals surface area contributed by atoms with Gasteiger partial charge in [0.2, 0.25) is 5.88 Å². The van der Waals surface area contributed by atoms with Gasteiger partial charge in [-0.15, -0.1) is 0 Å². The first-order valence-electron chi connectivity index (χ1n) is 8.86. The molecule has 1 N–H and O–H groups in total. The summed E-state index contributed by atoms with van der Waals surface area (Å²) in [6.45, 7) is 6.01. The van der Waals surface area contributed by atoms with Crippen molar-refractivity contribution in [2.24, 2.45) is 0 Å². The normalized spacial score (nSPS) is 10.9. The number of fused-ring (bicyclic) bond motifs is 1. The van der Waals surface area contributed by atoms with Crippen LogP contribution in [-0.2, 0) is 0 Å². The summed E-state index contributed by atoms with van der Waals surface area (Å²) in [6, 6.07) is 17.5. The molecule has 0 aliphatic carbocycles. The van der Waals surface area contributed by atoms with E-state index in [0.29, 0.717) is 11.4 Å². The number of hydrogen-bond donors (Lipinski definition) is 1. The molecule has 0 saturated carbocycles. The molecule has 0 aliphatic rings. The third-order valence-electron chi connectivity index (χ3n) is 4.65. The predicted octanol–water partition coefficient (Wildman–Crippen LogP) is 5.67. The van der Waals surface area contributed by atoms with Crippen LogP contribution in [0, 0.1) is 20.8 Å². The number of para-hydroxylation sites is 1. The van der Waals surface area contributed by atoms with Gasteiger partial charge >= 0.3 is 0 Å². The van der Waals surface area contributed by atoms with Crippen molar-refractivity contribution in [3.05, 3.63) is 83.2 Å². The third-order valence-corrected chi connectivity index (χ3v) is 4.65. The van der Waals surface area contributed by atoms with E-state index >= 15 is 0 Å². The molecule has 0 bridgehead atoms. The molecule has 4 nitrogen and oxygen atoms in total. The number of carbonyl (C=O) groups is 1. The summed E-state index contributed by atoms with van der Waals surface area (Å²) in [7, 11) is 0. The molecular weight excluding hydrogens is 336 g/mol. The molecule has 0 spiro atoms. The summed E-state index contributed by atoms with van der Waals surface area (Å²) in [5.74, 6) is 0.999. The highest BCUT2D eigenvalue weighted by Crippen LogP contribution is 2.34. The van der Waals surface area contributed by atoms with E-state index in [1.807, 2.05) is 37.3 Å². The van der Waals surface area contributed by atoms with Gasteiger partial charge in [-0.1, -0.05) is 42.0 Å². The minimum absolute atomic E-state index is 0.214. The van der Waals surface area contributed by atoms with E-state index in [-0.39, 0.29) is 5.91 Å². The number of rotatable bonds is 3. The second-order valence-corrected chi connectivity index (χ2v) is 6.75. The molecule has 2 heterocycles. The number of aryl methyl sites for hydroxylation is 3. The van der Waals surface area contributed by atoms with Crippen LogP contribution in [0.5, 0.6) is 0 Å². The minimum Gasteiger partial charge on any atom is -0.445 e. The highest BCUT2D eigenvalue weighted by molar-refractivity contribution is 6.12. The topological polar surface area (TPSA) is 55.1 Å². The Labute approximate surface area is 157 Å². The van der Waals surface area contributed by atoms with E-state index in [1.54, 1.807) is 12.3 Å². The summed E-state index contributed by atoms with van der Waals surface area (Å²) in [4.78, 5) is 17.3. The molecule has 0 fully saturated rings. The SMILES string of the molecule is Cc1ccc(-c2cc(C)oc2NC(=O)c2ccnc3ccccc23)c(C)c1. The van der Waals surface area contributed by atoms with E-state index in [1.165, 1.54) is 5.56 Å². The van der Waals surface area contributed by atoms with Gasteiger partial charge in [-0.25, -0.2) is 0 Å². The van der Waals surface area contributed by atoms with Gasteiger partial charge in [-0.3, -0.25) is 15.1 Å². The number of pyridine rings is 1. The van der Waals surface area contributed by atoms with Gasteiger partial charge in [-0.05, 0) is 50.1 Å². The zero-order valence-corrected chi connectivity index (χ0v) is 15.5. The first-order chi connectivity index (χ1) is 13.0. The maximum Gasteiger partial charge on any atom is 0.258 e. The highest BCUT2D eigenvalue weighted by atomic mass is 16.4. The molecule has 4 heteroatoms. The smallest absolute Gasteiger partial charge is 0.258 e. The number of benzene rings is 2.